The molecule has 0 saturated heterocycles. The lowest BCUT2D eigenvalue weighted by atomic mass is 10.3. The van der Waals surface area contributed by atoms with E-state index in [1.807, 2.05) is 16.8 Å². The number of rotatable bonds is 0. The van der Waals surface area contributed by atoms with Gasteiger partial charge in [-0.2, -0.15) is 0 Å². The molecule has 4 nitrogen and oxygen atoms in total. The Morgan fingerprint density at radius 3 is 3.27 bits per heavy atom. The molecular weight excluding hydrogens is 258 g/mol. The fourth-order valence-electron chi connectivity index (χ4n) is 1.66. The second kappa shape index (κ2) is 3.34. The van der Waals surface area contributed by atoms with Gasteiger partial charge in [0.25, 0.3) is 0 Å². The van der Waals surface area contributed by atoms with E-state index in [9.17, 15) is 0 Å². The van der Waals surface area contributed by atoms with Crippen molar-refractivity contribution in [1.29, 1.82) is 0 Å². The minimum Gasteiger partial charge on any atom is -0.489 e. The Labute approximate surface area is 95.1 Å². The lowest BCUT2D eigenvalue weighted by Crippen LogP contribution is -2.04. The van der Waals surface area contributed by atoms with Gasteiger partial charge in [-0.1, -0.05) is 0 Å². The Bertz CT molecular complexity index is 509. The molecule has 0 N–H and O–H groups in total. The van der Waals surface area contributed by atoms with Crippen LogP contribution in [0, 0.1) is 0 Å². The number of nitrogens with zero attached hydrogens (tertiary/aromatic N) is 3. The van der Waals surface area contributed by atoms with E-state index in [2.05, 4.69) is 25.9 Å². The van der Waals surface area contributed by atoms with Crippen molar-refractivity contribution < 1.29 is 4.74 Å². The molecule has 3 heterocycles. The van der Waals surface area contributed by atoms with E-state index < -0.39 is 0 Å². The third-order valence-electron chi connectivity index (χ3n) is 2.34. The molecule has 0 amide bonds. The summed E-state index contributed by atoms with van der Waals surface area (Å²) in [5.74, 6) is 1.66. The zero-order chi connectivity index (χ0) is 10.3. The molecule has 3 rings (SSSR count). The summed E-state index contributed by atoms with van der Waals surface area (Å²) in [5.41, 5.74) is 0.806. The van der Waals surface area contributed by atoms with Crippen LogP contribution in [0.1, 0.15) is 0 Å². The van der Waals surface area contributed by atoms with Crippen LogP contribution >= 0.6 is 15.9 Å². The average Bonchev–Trinajstić information content (AvgIpc) is 2.61. The Kier molecular flexibility index (Phi) is 1.98. The monoisotopic (exact) mass is 265 g/mol. The van der Waals surface area contributed by atoms with Crippen LogP contribution in [0.3, 0.4) is 0 Å². The van der Waals surface area contributed by atoms with Gasteiger partial charge in [-0.25, -0.2) is 9.97 Å². The normalized spacial score (nSPS) is 13.7. The summed E-state index contributed by atoms with van der Waals surface area (Å²) in [6, 6.07) is 1.92. The SMILES string of the molecule is Brc1cnc2c(c1)OCCn1ccnc1-2. The fraction of sp³-hybridized carbons (Fsp3) is 0.200. The number of hydrogen-bond donors (Lipinski definition) is 0. The van der Waals surface area contributed by atoms with Crippen molar-refractivity contribution in [2.75, 3.05) is 6.61 Å². The zero-order valence-corrected chi connectivity index (χ0v) is 9.44. The van der Waals surface area contributed by atoms with E-state index in [0.29, 0.717) is 6.61 Å². The standard InChI is InChI=1S/C10H8BrN3O/c11-7-5-8-9(13-6-7)10-12-1-2-14(10)3-4-15-8/h1-2,5-6H,3-4H2. The molecule has 0 bridgehead atoms. The maximum absolute atomic E-state index is 5.62. The molecule has 15 heavy (non-hydrogen) atoms. The van der Waals surface area contributed by atoms with Crippen LogP contribution in [-0.2, 0) is 6.54 Å². The van der Waals surface area contributed by atoms with E-state index in [1.165, 1.54) is 0 Å². The van der Waals surface area contributed by atoms with Crippen molar-refractivity contribution in [3.05, 3.63) is 29.1 Å². The van der Waals surface area contributed by atoms with E-state index in [-0.39, 0.29) is 0 Å². The second-order valence-corrected chi connectivity index (χ2v) is 4.21. The fourth-order valence-corrected chi connectivity index (χ4v) is 1.97. The van der Waals surface area contributed by atoms with Crippen molar-refractivity contribution in [1.82, 2.24) is 14.5 Å². The molecule has 0 unspecified atom stereocenters. The molecule has 1 aliphatic heterocycles. The van der Waals surface area contributed by atoms with Gasteiger partial charge in [0.05, 0.1) is 6.54 Å². The van der Waals surface area contributed by atoms with Crippen LogP contribution in [0.15, 0.2) is 29.1 Å². The lowest BCUT2D eigenvalue weighted by Gasteiger charge is -2.04. The van der Waals surface area contributed by atoms with Gasteiger partial charge in [-0.15, -0.1) is 0 Å². The Morgan fingerprint density at radius 2 is 2.33 bits per heavy atom. The molecule has 0 fully saturated rings. The van der Waals surface area contributed by atoms with E-state index >= 15 is 0 Å². The number of imidazole rings is 1. The Morgan fingerprint density at radius 1 is 1.40 bits per heavy atom. The summed E-state index contributed by atoms with van der Waals surface area (Å²) in [4.78, 5) is 8.63. The summed E-state index contributed by atoms with van der Waals surface area (Å²) in [6.07, 6.45) is 5.48. The van der Waals surface area contributed by atoms with Crippen molar-refractivity contribution in [3.63, 3.8) is 0 Å². The largest absolute Gasteiger partial charge is 0.489 e. The molecule has 0 atom stereocenters. The Hall–Kier alpha value is -1.36. The summed E-state index contributed by atoms with van der Waals surface area (Å²) in [7, 11) is 0. The number of pyridine rings is 1. The third-order valence-corrected chi connectivity index (χ3v) is 2.77. The van der Waals surface area contributed by atoms with Gasteiger partial charge in [-0.05, 0) is 22.0 Å². The topological polar surface area (TPSA) is 39.9 Å². The average molecular weight is 266 g/mol. The predicted octanol–water partition coefficient (Wildman–Crippen LogP) is 2.10. The van der Waals surface area contributed by atoms with Gasteiger partial charge in [0.2, 0.25) is 0 Å². The molecule has 2 aromatic heterocycles. The van der Waals surface area contributed by atoms with Gasteiger partial charge in [0, 0.05) is 23.1 Å². The lowest BCUT2D eigenvalue weighted by molar-refractivity contribution is 0.306. The highest BCUT2D eigenvalue weighted by molar-refractivity contribution is 9.10. The summed E-state index contributed by atoms with van der Waals surface area (Å²) < 4.78 is 8.58. The summed E-state index contributed by atoms with van der Waals surface area (Å²) in [6.45, 7) is 1.46. The van der Waals surface area contributed by atoms with Gasteiger partial charge in [0.15, 0.2) is 5.82 Å². The number of hydrogen-bond acceptors (Lipinski definition) is 3. The smallest absolute Gasteiger partial charge is 0.162 e. The number of fused-ring (bicyclic) bond motifs is 3. The van der Waals surface area contributed by atoms with Gasteiger partial charge < -0.3 is 9.30 Å². The zero-order valence-electron chi connectivity index (χ0n) is 7.85. The van der Waals surface area contributed by atoms with Crippen LogP contribution in [0.4, 0.5) is 0 Å². The minimum absolute atomic E-state index is 0.647. The maximum Gasteiger partial charge on any atom is 0.162 e. The molecule has 0 saturated carbocycles. The Balaban J connectivity index is 2.25. The first-order chi connectivity index (χ1) is 7.34. The van der Waals surface area contributed by atoms with E-state index in [4.69, 9.17) is 4.74 Å². The molecule has 0 aliphatic carbocycles. The van der Waals surface area contributed by atoms with E-state index in [1.54, 1.807) is 12.4 Å². The number of ether oxygens (including phenoxy) is 1. The molecule has 5 heteroatoms. The molecule has 76 valence electrons. The molecule has 0 spiro atoms. The highest BCUT2D eigenvalue weighted by Crippen LogP contribution is 2.30. The van der Waals surface area contributed by atoms with Crippen molar-refractivity contribution in [2.45, 2.75) is 6.54 Å². The van der Waals surface area contributed by atoms with Gasteiger partial charge in [-0.3, -0.25) is 0 Å². The second-order valence-electron chi connectivity index (χ2n) is 3.29. The molecule has 2 aromatic rings. The molecule has 0 radical (unpaired) electrons. The minimum atomic E-state index is 0.647. The van der Waals surface area contributed by atoms with Crippen molar-refractivity contribution in [2.24, 2.45) is 0 Å². The van der Waals surface area contributed by atoms with Crippen LogP contribution in [0.2, 0.25) is 0 Å². The van der Waals surface area contributed by atoms with E-state index in [0.717, 1.165) is 28.3 Å². The molecule has 1 aliphatic rings. The first-order valence-electron chi connectivity index (χ1n) is 4.64. The predicted molar refractivity (Wildman–Crippen MR) is 58.7 cm³/mol. The number of halogens is 1. The van der Waals surface area contributed by atoms with Crippen molar-refractivity contribution >= 4 is 15.9 Å². The van der Waals surface area contributed by atoms with Crippen molar-refractivity contribution in [3.8, 4) is 17.3 Å². The van der Waals surface area contributed by atoms with Gasteiger partial charge in [0.1, 0.15) is 18.1 Å². The quantitative estimate of drug-likeness (QED) is 0.733. The molecular formula is C10H8BrN3O. The first kappa shape index (κ1) is 8.91. The van der Waals surface area contributed by atoms with Crippen LogP contribution in [-0.4, -0.2) is 21.1 Å². The molecule has 0 aromatic carbocycles. The number of aromatic nitrogens is 3. The van der Waals surface area contributed by atoms with Crippen LogP contribution < -0.4 is 4.74 Å². The summed E-state index contributed by atoms with van der Waals surface area (Å²) >= 11 is 3.38. The van der Waals surface area contributed by atoms with Gasteiger partial charge >= 0.3 is 0 Å². The third kappa shape index (κ3) is 1.43. The summed E-state index contributed by atoms with van der Waals surface area (Å²) in [5, 5.41) is 0. The van der Waals surface area contributed by atoms with Crippen LogP contribution in [0.5, 0.6) is 5.75 Å². The highest BCUT2D eigenvalue weighted by atomic mass is 79.9. The maximum atomic E-state index is 5.62. The highest BCUT2D eigenvalue weighted by Gasteiger charge is 2.17. The first-order valence-corrected chi connectivity index (χ1v) is 5.44. The van der Waals surface area contributed by atoms with Crippen LogP contribution in [0.25, 0.3) is 11.5 Å².